The first-order valence-corrected chi connectivity index (χ1v) is 5.75. The maximum Gasteiger partial charge on any atom is 0.127 e. The van der Waals surface area contributed by atoms with Gasteiger partial charge in [-0.05, 0) is 11.5 Å². The van der Waals surface area contributed by atoms with Gasteiger partial charge in [0.2, 0.25) is 0 Å². The Morgan fingerprint density at radius 3 is 2.25 bits per heavy atom. The summed E-state index contributed by atoms with van der Waals surface area (Å²) in [6.07, 6.45) is 0. The molecule has 0 bridgehead atoms. The van der Waals surface area contributed by atoms with Crippen LogP contribution in [-0.2, 0) is 7.05 Å². The Bertz CT molecular complexity index is 464. The zero-order chi connectivity index (χ0) is 11.7. The number of benzene rings is 1. The van der Waals surface area contributed by atoms with Gasteiger partial charge in [-0.1, -0.05) is 49.7 Å². The molecule has 0 fully saturated rings. The number of nitrogens with zero attached hydrogens (tertiary/aromatic N) is 2. The Balaban J connectivity index is 2.34. The maximum atomic E-state index is 5.96. The second-order valence-electron chi connectivity index (χ2n) is 4.25. The fraction of sp³-hybridized carbons (Fsp3) is 0.308. The fourth-order valence-corrected chi connectivity index (χ4v) is 1.77. The van der Waals surface area contributed by atoms with Crippen molar-refractivity contribution in [3.05, 3.63) is 41.0 Å². The molecule has 1 heterocycles. The van der Waals surface area contributed by atoms with Crippen LogP contribution in [0.2, 0.25) is 5.15 Å². The van der Waals surface area contributed by atoms with E-state index in [1.165, 1.54) is 5.56 Å². The van der Waals surface area contributed by atoms with Crippen LogP contribution in [0.25, 0.3) is 11.3 Å². The summed E-state index contributed by atoms with van der Waals surface area (Å²) in [4.78, 5) is 0. The number of hydrogen-bond acceptors (Lipinski definition) is 1. The first-order chi connectivity index (χ1) is 7.58. The van der Waals surface area contributed by atoms with E-state index in [-0.39, 0.29) is 0 Å². The Labute approximate surface area is 101 Å². The number of rotatable bonds is 2. The molecular formula is C13H15ClN2. The topological polar surface area (TPSA) is 17.8 Å². The Hall–Kier alpha value is -1.28. The SMILES string of the molecule is CC(C)c1ccc(-c2cc(Cl)n(C)n2)cc1. The number of aryl methyl sites for hydroxylation is 1. The van der Waals surface area contributed by atoms with Crippen LogP contribution in [0.1, 0.15) is 25.3 Å². The second kappa shape index (κ2) is 4.30. The van der Waals surface area contributed by atoms with Gasteiger partial charge in [0.15, 0.2) is 0 Å². The lowest BCUT2D eigenvalue weighted by Gasteiger charge is -2.05. The lowest BCUT2D eigenvalue weighted by Crippen LogP contribution is -1.90. The molecule has 0 unspecified atom stereocenters. The minimum atomic E-state index is 0.557. The Morgan fingerprint density at radius 1 is 1.19 bits per heavy atom. The summed E-state index contributed by atoms with van der Waals surface area (Å²) >= 11 is 5.96. The average molecular weight is 235 g/mol. The third-order valence-corrected chi connectivity index (χ3v) is 3.05. The smallest absolute Gasteiger partial charge is 0.127 e. The normalized spacial score (nSPS) is 11.1. The van der Waals surface area contributed by atoms with Crippen LogP contribution in [0.3, 0.4) is 0 Å². The molecule has 2 rings (SSSR count). The van der Waals surface area contributed by atoms with E-state index in [9.17, 15) is 0 Å². The molecule has 16 heavy (non-hydrogen) atoms. The first kappa shape index (κ1) is 11.2. The summed E-state index contributed by atoms with van der Waals surface area (Å²) in [5.74, 6) is 0.557. The second-order valence-corrected chi connectivity index (χ2v) is 4.64. The number of halogens is 1. The minimum Gasteiger partial charge on any atom is -0.256 e. The Morgan fingerprint density at radius 2 is 1.81 bits per heavy atom. The molecule has 0 aliphatic rings. The van der Waals surface area contributed by atoms with Crippen molar-refractivity contribution in [1.82, 2.24) is 9.78 Å². The van der Waals surface area contributed by atoms with Crippen LogP contribution in [0.15, 0.2) is 30.3 Å². The molecule has 1 aromatic carbocycles. The molecular weight excluding hydrogens is 220 g/mol. The highest BCUT2D eigenvalue weighted by molar-refractivity contribution is 6.29. The number of aromatic nitrogens is 2. The molecule has 0 aliphatic carbocycles. The highest BCUT2D eigenvalue weighted by atomic mass is 35.5. The third kappa shape index (κ3) is 2.12. The highest BCUT2D eigenvalue weighted by Crippen LogP contribution is 2.23. The summed E-state index contributed by atoms with van der Waals surface area (Å²) in [6, 6.07) is 10.3. The summed E-state index contributed by atoms with van der Waals surface area (Å²) in [7, 11) is 1.84. The van der Waals surface area contributed by atoms with Crippen molar-refractivity contribution in [2.24, 2.45) is 7.05 Å². The molecule has 0 radical (unpaired) electrons. The van der Waals surface area contributed by atoms with E-state index in [1.807, 2.05) is 13.1 Å². The lowest BCUT2D eigenvalue weighted by molar-refractivity contribution is 0.772. The predicted molar refractivity (Wildman–Crippen MR) is 67.7 cm³/mol. The quantitative estimate of drug-likeness (QED) is 0.772. The van der Waals surface area contributed by atoms with E-state index < -0.39 is 0 Å². The van der Waals surface area contributed by atoms with Gasteiger partial charge in [-0.25, -0.2) is 0 Å². The van der Waals surface area contributed by atoms with Crippen molar-refractivity contribution in [2.45, 2.75) is 19.8 Å². The molecule has 84 valence electrons. The van der Waals surface area contributed by atoms with Crippen LogP contribution >= 0.6 is 11.6 Å². The van der Waals surface area contributed by atoms with Crippen LogP contribution < -0.4 is 0 Å². The molecule has 0 atom stereocenters. The van der Waals surface area contributed by atoms with E-state index in [0.29, 0.717) is 11.1 Å². The van der Waals surface area contributed by atoms with E-state index in [0.717, 1.165) is 11.3 Å². The summed E-state index contributed by atoms with van der Waals surface area (Å²) < 4.78 is 1.67. The molecule has 3 heteroatoms. The standard InChI is InChI=1S/C13H15ClN2/c1-9(2)10-4-6-11(7-5-10)12-8-13(14)16(3)15-12/h4-9H,1-3H3. The van der Waals surface area contributed by atoms with Crippen molar-refractivity contribution in [3.8, 4) is 11.3 Å². The van der Waals surface area contributed by atoms with Crippen molar-refractivity contribution < 1.29 is 0 Å². The van der Waals surface area contributed by atoms with Gasteiger partial charge in [0.1, 0.15) is 5.15 Å². The van der Waals surface area contributed by atoms with Gasteiger partial charge in [0, 0.05) is 18.7 Å². The summed E-state index contributed by atoms with van der Waals surface area (Å²) in [5, 5.41) is 5.00. The zero-order valence-corrected chi connectivity index (χ0v) is 10.5. The van der Waals surface area contributed by atoms with E-state index in [4.69, 9.17) is 11.6 Å². The van der Waals surface area contributed by atoms with Crippen LogP contribution in [0.4, 0.5) is 0 Å². The largest absolute Gasteiger partial charge is 0.256 e. The molecule has 2 nitrogen and oxygen atoms in total. The first-order valence-electron chi connectivity index (χ1n) is 5.38. The maximum absolute atomic E-state index is 5.96. The molecule has 0 spiro atoms. The van der Waals surface area contributed by atoms with Gasteiger partial charge in [-0.15, -0.1) is 0 Å². The van der Waals surface area contributed by atoms with Gasteiger partial charge in [0.25, 0.3) is 0 Å². The van der Waals surface area contributed by atoms with E-state index >= 15 is 0 Å². The molecule has 0 aliphatic heterocycles. The van der Waals surface area contributed by atoms with E-state index in [1.54, 1.807) is 4.68 Å². The molecule has 0 saturated heterocycles. The molecule has 2 aromatic rings. The van der Waals surface area contributed by atoms with Crippen molar-refractivity contribution >= 4 is 11.6 Å². The minimum absolute atomic E-state index is 0.557. The van der Waals surface area contributed by atoms with Crippen molar-refractivity contribution in [1.29, 1.82) is 0 Å². The monoisotopic (exact) mass is 234 g/mol. The molecule has 0 N–H and O–H groups in total. The summed E-state index contributed by atoms with van der Waals surface area (Å²) in [6.45, 7) is 4.37. The van der Waals surface area contributed by atoms with Crippen LogP contribution in [0, 0.1) is 0 Å². The van der Waals surface area contributed by atoms with Crippen molar-refractivity contribution in [3.63, 3.8) is 0 Å². The summed E-state index contributed by atoms with van der Waals surface area (Å²) in [5.41, 5.74) is 3.36. The highest BCUT2D eigenvalue weighted by Gasteiger charge is 2.06. The lowest BCUT2D eigenvalue weighted by atomic mass is 10.0. The fourth-order valence-electron chi connectivity index (χ4n) is 1.62. The zero-order valence-electron chi connectivity index (χ0n) is 9.74. The van der Waals surface area contributed by atoms with Crippen LogP contribution in [0.5, 0.6) is 0 Å². The average Bonchev–Trinajstić information content (AvgIpc) is 2.59. The van der Waals surface area contributed by atoms with E-state index in [2.05, 4.69) is 43.2 Å². The third-order valence-electron chi connectivity index (χ3n) is 2.70. The van der Waals surface area contributed by atoms with Gasteiger partial charge in [-0.2, -0.15) is 5.10 Å². The molecule has 0 amide bonds. The Kier molecular flexibility index (Phi) is 3.01. The predicted octanol–water partition coefficient (Wildman–Crippen LogP) is 3.86. The van der Waals surface area contributed by atoms with Gasteiger partial charge < -0.3 is 0 Å². The molecule has 0 saturated carbocycles. The molecule has 1 aromatic heterocycles. The van der Waals surface area contributed by atoms with Crippen LogP contribution in [-0.4, -0.2) is 9.78 Å². The number of hydrogen-bond donors (Lipinski definition) is 0. The van der Waals surface area contributed by atoms with Gasteiger partial charge in [-0.3, -0.25) is 4.68 Å². The van der Waals surface area contributed by atoms with Gasteiger partial charge in [0.05, 0.1) is 5.69 Å². The van der Waals surface area contributed by atoms with Gasteiger partial charge >= 0.3 is 0 Å². The van der Waals surface area contributed by atoms with Crippen molar-refractivity contribution in [2.75, 3.05) is 0 Å².